The molecule has 0 aliphatic rings. The SMILES string of the molecule is Cc1cc(C)cc(NC(=O)[C@@H](NC(=O)OC(C)(C)C)[C@H](C)OCc2ccccc2)c1. The van der Waals surface area contributed by atoms with Crippen LogP contribution in [0.3, 0.4) is 0 Å². The van der Waals surface area contributed by atoms with E-state index in [1.165, 1.54) is 0 Å². The topological polar surface area (TPSA) is 76.7 Å². The third kappa shape index (κ3) is 7.87. The molecule has 0 aliphatic carbocycles. The van der Waals surface area contributed by atoms with Gasteiger partial charge in [-0.25, -0.2) is 4.79 Å². The van der Waals surface area contributed by atoms with Crippen LogP contribution in [0.15, 0.2) is 48.5 Å². The number of aryl methyl sites for hydroxylation is 2. The van der Waals surface area contributed by atoms with Gasteiger partial charge in [-0.3, -0.25) is 4.79 Å². The molecule has 0 aliphatic heterocycles. The number of rotatable bonds is 7. The van der Waals surface area contributed by atoms with Crippen LogP contribution < -0.4 is 10.6 Å². The highest BCUT2D eigenvalue weighted by molar-refractivity contribution is 5.97. The molecule has 2 rings (SSSR count). The monoisotopic (exact) mass is 412 g/mol. The van der Waals surface area contributed by atoms with E-state index in [2.05, 4.69) is 10.6 Å². The number of carbonyl (C=O) groups is 2. The zero-order valence-corrected chi connectivity index (χ0v) is 18.6. The lowest BCUT2D eigenvalue weighted by atomic mass is 10.1. The summed E-state index contributed by atoms with van der Waals surface area (Å²) in [5.41, 5.74) is 3.05. The Labute approximate surface area is 179 Å². The molecule has 0 unspecified atom stereocenters. The summed E-state index contributed by atoms with van der Waals surface area (Å²) in [4.78, 5) is 25.4. The molecule has 6 nitrogen and oxygen atoms in total. The third-order valence-electron chi connectivity index (χ3n) is 4.27. The molecule has 0 spiro atoms. The van der Waals surface area contributed by atoms with E-state index >= 15 is 0 Å². The van der Waals surface area contributed by atoms with Crippen molar-refractivity contribution in [3.63, 3.8) is 0 Å². The van der Waals surface area contributed by atoms with Gasteiger partial charge in [-0.1, -0.05) is 36.4 Å². The molecule has 2 N–H and O–H groups in total. The number of hydrogen-bond acceptors (Lipinski definition) is 4. The van der Waals surface area contributed by atoms with E-state index in [0.717, 1.165) is 16.7 Å². The molecule has 0 radical (unpaired) electrons. The molecule has 2 aromatic carbocycles. The van der Waals surface area contributed by atoms with E-state index in [1.807, 2.05) is 62.4 Å². The second kappa shape index (κ2) is 10.3. The highest BCUT2D eigenvalue weighted by Gasteiger charge is 2.30. The second-order valence-electron chi connectivity index (χ2n) is 8.49. The van der Waals surface area contributed by atoms with E-state index < -0.39 is 23.8 Å². The number of carbonyl (C=O) groups excluding carboxylic acids is 2. The van der Waals surface area contributed by atoms with Crippen molar-refractivity contribution in [2.75, 3.05) is 5.32 Å². The van der Waals surface area contributed by atoms with Crippen molar-refractivity contribution in [3.05, 3.63) is 65.2 Å². The van der Waals surface area contributed by atoms with Crippen molar-refractivity contribution in [3.8, 4) is 0 Å². The summed E-state index contributed by atoms with van der Waals surface area (Å²) in [5.74, 6) is -0.369. The van der Waals surface area contributed by atoms with Crippen LogP contribution in [0.1, 0.15) is 44.4 Å². The van der Waals surface area contributed by atoms with Crippen LogP contribution in [0.25, 0.3) is 0 Å². The minimum absolute atomic E-state index is 0.325. The van der Waals surface area contributed by atoms with Crippen molar-refractivity contribution in [1.29, 1.82) is 0 Å². The Balaban J connectivity index is 2.13. The van der Waals surface area contributed by atoms with Gasteiger partial charge in [0.05, 0.1) is 12.7 Å². The predicted octanol–water partition coefficient (Wildman–Crippen LogP) is 4.74. The lowest BCUT2D eigenvalue weighted by molar-refractivity contribution is -0.122. The number of ether oxygens (including phenoxy) is 2. The van der Waals surface area contributed by atoms with Crippen molar-refractivity contribution >= 4 is 17.7 Å². The third-order valence-corrected chi connectivity index (χ3v) is 4.27. The molecule has 0 aromatic heterocycles. The maximum absolute atomic E-state index is 13.0. The molecule has 2 amide bonds. The molecule has 0 heterocycles. The number of anilines is 1. The van der Waals surface area contributed by atoms with Gasteiger partial charge >= 0.3 is 6.09 Å². The molecule has 2 aromatic rings. The van der Waals surface area contributed by atoms with Gasteiger partial charge in [0.25, 0.3) is 0 Å². The fraction of sp³-hybridized carbons (Fsp3) is 0.417. The van der Waals surface area contributed by atoms with Crippen molar-refractivity contribution in [1.82, 2.24) is 5.32 Å². The van der Waals surface area contributed by atoms with Crippen LogP contribution in [-0.4, -0.2) is 29.7 Å². The minimum Gasteiger partial charge on any atom is -0.444 e. The molecule has 0 fully saturated rings. The van der Waals surface area contributed by atoms with E-state index in [4.69, 9.17) is 9.47 Å². The van der Waals surface area contributed by atoms with E-state index in [-0.39, 0.29) is 5.91 Å². The summed E-state index contributed by atoms with van der Waals surface area (Å²) in [7, 11) is 0. The number of benzene rings is 2. The Bertz CT molecular complexity index is 839. The van der Waals surface area contributed by atoms with Gasteiger partial charge in [0, 0.05) is 5.69 Å². The van der Waals surface area contributed by atoms with Crippen molar-refractivity contribution in [2.24, 2.45) is 0 Å². The summed E-state index contributed by atoms with van der Waals surface area (Å²) in [5, 5.41) is 5.54. The van der Waals surface area contributed by atoms with Gasteiger partial charge in [-0.15, -0.1) is 0 Å². The average Bonchev–Trinajstić information content (AvgIpc) is 2.62. The first-order chi connectivity index (χ1) is 14.0. The van der Waals surface area contributed by atoms with Crippen LogP contribution in [0.2, 0.25) is 0 Å². The van der Waals surface area contributed by atoms with E-state index in [1.54, 1.807) is 27.7 Å². The Morgan fingerprint density at radius 3 is 2.17 bits per heavy atom. The van der Waals surface area contributed by atoms with Crippen molar-refractivity contribution in [2.45, 2.75) is 65.9 Å². The van der Waals surface area contributed by atoms with Gasteiger partial charge < -0.3 is 20.1 Å². The fourth-order valence-electron chi connectivity index (χ4n) is 3.00. The van der Waals surface area contributed by atoms with Crippen LogP contribution >= 0.6 is 0 Å². The summed E-state index contributed by atoms with van der Waals surface area (Å²) < 4.78 is 11.2. The average molecular weight is 413 g/mol. The largest absolute Gasteiger partial charge is 0.444 e. The molecule has 2 atom stereocenters. The molecule has 0 saturated heterocycles. The van der Waals surface area contributed by atoms with Crippen LogP contribution in [0.5, 0.6) is 0 Å². The predicted molar refractivity (Wildman–Crippen MR) is 118 cm³/mol. The molecular weight excluding hydrogens is 380 g/mol. The Kier molecular flexibility index (Phi) is 8.00. The maximum Gasteiger partial charge on any atom is 0.408 e. The van der Waals surface area contributed by atoms with Crippen LogP contribution in [-0.2, 0) is 20.9 Å². The summed E-state index contributed by atoms with van der Waals surface area (Å²) in [6.07, 6.45) is -1.25. The zero-order valence-electron chi connectivity index (χ0n) is 18.6. The van der Waals surface area contributed by atoms with Gasteiger partial charge in [-0.2, -0.15) is 0 Å². The zero-order chi connectivity index (χ0) is 22.3. The summed E-state index contributed by atoms with van der Waals surface area (Å²) >= 11 is 0. The van der Waals surface area contributed by atoms with Gasteiger partial charge in [0.15, 0.2) is 0 Å². The van der Waals surface area contributed by atoms with Crippen LogP contribution in [0.4, 0.5) is 10.5 Å². The smallest absolute Gasteiger partial charge is 0.408 e. The summed E-state index contributed by atoms with van der Waals surface area (Å²) in [6.45, 7) is 11.3. The molecule has 0 saturated carbocycles. The molecule has 162 valence electrons. The first-order valence-electron chi connectivity index (χ1n) is 10.1. The Morgan fingerprint density at radius 1 is 1.00 bits per heavy atom. The number of amides is 2. The molecule has 30 heavy (non-hydrogen) atoms. The molecule has 6 heteroatoms. The standard InChI is InChI=1S/C24H32N2O4/c1-16-12-17(2)14-20(13-16)25-22(27)21(26-23(28)30-24(4,5)6)18(3)29-15-19-10-8-7-9-11-19/h7-14,18,21H,15H2,1-6H3,(H,25,27)(H,26,28)/t18-,21-/m0/s1. The fourth-order valence-corrected chi connectivity index (χ4v) is 3.00. The summed E-state index contributed by atoms with van der Waals surface area (Å²) in [6, 6.07) is 14.5. The highest BCUT2D eigenvalue weighted by atomic mass is 16.6. The first-order valence-corrected chi connectivity index (χ1v) is 10.1. The first kappa shape index (κ1) is 23.4. The van der Waals surface area contributed by atoms with E-state index in [9.17, 15) is 9.59 Å². The second-order valence-corrected chi connectivity index (χ2v) is 8.49. The normalized spacial score (nSPS) is 13.3. The van der Waals surface area contributed by atoms with Gasteiger partial charge in [0.1, 0.15) is 11.6 Å². The Morgan fingerprint density at radius 2 is 1.60 bits per heavy atom. The number of nitrogens with one attached hydrogen (secondary N) is 2. The molecule has 0 bridgehead atoms. The van der Waals surface area contributed by atoms with Crippen molar-refractivity contribution < 1.29 is 19.1 Å². The van der Waals surface area contributed by atoms with Crippen LogP contribution in [0, 0.1) is 13.8 Å². The van der Waals surface area contributed by atoms with Gasteiger partial charge in [0.2, 0.25) is 5.91 Å². The van der Waals surface area contributed by atoms with Gasteiger partial charge in [-0.05, 0) is 70.4 Å². The minimum atomic E-state index is -0.926. The highest BCUT2D eigenvalue weighted by Crippen LogP contribution is 2.16. The maximum atomic E-state index is 13.0. The quantitative estimate of drug-likeness (QED) is 0.689. The Hall–Kier alpha value is -2.86. The lowest BCUT2D eigenvalue weighted by Crippen LogP contribution is -2.52. The number of hydrogen-bond donors (Lipinski definition) is 2. The number of alkyl carbamates (subject to hydrolysis) is 1. The molecular formula is C24H32N2O4. The van der Waals surface area contributed by atoms with E-state index in [0.29, 0.717) is 12.3 Å². The lowest BCUT2D eigenvalue weighted by Gasteiger charge is -2.27.